The molecule has 106 valence electrons. The minimum absolute atomic E-state index is 0.408. The first-order valence-electron chi connectivity index (χ1n) is 7.65. The van der Waals surface area contributed by atoms with Gasteiger partial charge in [-0.3, -0.25) is 0 Å². The molecule has 2 nitrogen and oxygen atoms in total. The number of benzene rings is 1. The highest BCUT2D eigenvalue weighted by atomic mass is 16.5. The second-order valence-corrected chi connectivity index (χ2v) is 5.93. The van der Waals surface area contributed by atoms with Crippen molar-refractivity contribution >= 4 is 0 Å². The fourth-order valence-electron chi connectivity index (χ4n) is 2.75. The second kappa shape index (κ2) is 6.95. The van der Waals surface area contributed by atoms with Crippen molar-refractivity contribution in [2.45, 2.75) is 52.7 Å². The van der Waals surface area contributed by atoms with Gasteiger partial charge in [0.2, 0.25) is 0 Å². The zero-order valence-electron chi connectivity index (χ0n) is 12.5. The van der Waals surface area contributed by atoms with Crippen LogP contribution >= 0.6 is 0 Å². The molecule has 0 bridgehead atoms. The molecular formula is C17H27NO. The molecule has 1 aliphatic carbocycles. The van der Waals surface area contributed by atoms with Crippen LogP contribution in [0.15, 0.2) is 24.3 Å². The summed E-state index contributed by atoms with van der Waals surface area (Å²) in [5.41, 5.74) is 1.32. The van der Waals surface area contributed by atoms with Crippen molar-refractivity contribution in [3.8, 4) is 5.75 Å². The third-order valence-corrected chi connectivity index (χ3v) is 4.36. The Kier molecular flexibility index (Phi) is 5.26. The molecule has 0 saturated heterocycles. The number of hydrogen-bond donors (Lipinski definition) is 1. The maximum atomic E-state index is 6.11. The Balaban J connectivity index is 1.85. The second-order valence-electron chi connectivity index (χ2n) is 5.93. The normalized spacial score (nSPS) is 27.2. The monoisotopic (exact) mass is 261 g/mol. The third-order valence-electron chi connectivity index (χ3n) is 4.36. The van der Waals surface area contributed by atoms with E-state index in [0.717, 1.165) is 30.7 Å². The Bertz CT molecular complexity index is 373. The number of hydrogen-bond acceptors (Lipinski definition) is 2. The number of rotatable bonds is 5. The average Bonchev–Trinajstić information content (AvgIpc) is 2.42. The summed E-state index contributed by atoms with van der Waals surface area (Å²) < 4.78 is 6.11. The maximum absolute atomic E-state index is 6.11. The summed E-state index contributed by atoms with van der Waals surface area (Å²) in [7, 11) is 0. The number of ether oxygens (including phenoxy) is 1. The van der Waals surface area contributed by atoms with Gasteiger partial charge in [-0.15, -0.1) is 0 Å². The minimum Gasteiger partial charge on any atom is -0.490 e. The molecule has 0 aliphatic heterocycles. The van der Waals surface area contributed by atoms with E-state index in [1.165, 1.54) is 24.8 Å². The van der Waals surface area contributed by atoms with E-state index in [0.29, 0.717) is 6.10 Å². The third kappa shape index (κ3) is 4.24. The fourth-order valence-corrected chi connectivity index (χ4v) is 2.75. The smallest absolute Gasteiger partial charge is 0.119 e. The largest absolute Gasteiger partial charge is 0.490 e. The van der Waals surface area contributed by atoms with Gasteiger partial charge in [0.05, 0.1) is 6.10 Å². The van der Waals surface area contributed by atoms with Gasteiger partial charge in [-0.1, -0.05) is 32.9 Å². The Labute approximate surface area is 117 Å². The zero-order chi connectivity index (χ0) is 13.7. The van der Waals surface area contributed by atoms with Gasteiger partial charge in [-0.2, -0.15) is 0 Å². The van der Waals surface area contributed by atoms with Gasteiger partial charge in [0.25, 0.3) is 0 Å². The molecule has 2 heteroatoms. The van der Waals surface area contributed by atoms with Crippen molar-refractivity contribution in [1.29, 1.82) is 0 Å². The van der Waals surface area contributed by atoms with Crippen LogP contribution in [0.2, 0.25) is 0 Å². The van der Waals surface area contributed by atoms with Crippen molar-refractivity contribution in [3.05, 3.63) is 29.8 Å². The molecule has 3 unspecified atom stereocenters. The van der Waals surface area contributed by atoms with Crippen LogP contribution in [0.5, 0.6) is 5.75 Å². The molecule has 0 spiro atoms. The predicted molar refractivity (Wildman–Crippen MR) is 80.4 cm³/mol. The van der Waals surface area contributed by atoms with Crippen LogP contribution < -0.4 is 10.1 Å². The lowest BCUT2D eigenvalue weighted by atomic mass is 9.80. The molecule has 0 radical (unpaired) electrons. The molecule has 0 amide bonds. The van der Waals surface area contributed by atoms with Gasteiger partial charge in [-0.05, 0) is 55.3 Å². The highest BCUT2D eigenvalue weighted by Crippen LogP contribution is 2.31. The molecule has 3 atom stereocenters. The molecule has 0 aromatic heterocycles. The SMILES string of the molecule is CCNCc1ccc(OC2CCC(C)C(C)C2)cc1. The van der Waals surface area contributed by atoms with Crippen molar-refractivity contribution < 1.29 is 4.74 Å². The molecular weight excluding hydrogens is 234 g/mol. The molecule has 0 heterocycles. The first kappa shape index (κ1) is 14.4. The fraction of sp³-hybridized carbons (Fsp3) is 0.647. The molecule has 1 fully saturated rings. The molecule has 2 rings (SSSR count). The van der Waals surface area contributed by atoms with E-state index < -0.39 is 0 Å². The maximum Gasteiger partial charge on any atom is 0.119 e. The Morgan fingerprint density at radius 3 is 2.47 bits per heavy atom. The molecule has 1 saturated carbocycles. The van der Waals surface area contributed by atoms with Gasteiger partial charge in [0, 0.05) is 6.54 Å². The van der Waals surface area contributed by atoms with Crippen molar-refractivity contribution in [1.82, 2.24) is 5.32 Å². The van der Waals surface area contributed by atoms with Crippen LogP contribution in [0.25, 0.3) is 0 Å². The number of nitrogens with one attached hydrogen (secondary N) is 1. The predicted octanol–water partition coefficient (Wildman–Crippen LogP) is 4.00. The van der Waals surface area contributed by atoms with Crippen LogP contribution in [-0.2, 0) is 6.54 Å². The molecule has 1 aliphatic rings. The lowest BCUT2D eigenvalue weighted by molar-refractivity contribution is 0.101. The van der Waals surface area contributed by atoms with Gasteiger partial charge in [0.1, 0.15) is 5.75 Å². The summed E-state index contributed by atoms with van der Waals surface area (Å²) in [6, 6.07) is 8.53. The van der Waals surface area contributed by atoms with Crippen LogP contribution in [0.4, 0.5) is 0 Å². The lowest BCUT2D eigenvalue weighted by Gasteiger charge is -2.32. The van der Waals surface area contributed by atoms with E-state index in [-0.39, 0.29) is 0 Å². The standard InChI is InChI=1S/C17H27NO/c1-4-18-12-15-6-9-16(10-7-15)19-17-8-5-13(2)14(3)11-17/h6-7,9-10,13-14,17-18H,4-5,8,11-12H2,1-3H3. The topological polar surface area (TPSA) is 21.3 Å². The highest BCUT2D eigenvalue weighted by molar-refractivity contribution is 5.27. The Hall–Kier alpha value is -1.02. The van der Waals surface area contributed by atoms with Gasteiger partial charge < -0.3 is 10.1 Å². The van der Waals surface area contributed by atoms with Crippen molar-refractivity contribution in [2.75, 3.05) is 6.54 Å². The van der Waals surface area contributed by atoms with Crippen molar-refractivity contribution in [2.24, 2.45) is 11.8 Å². The molecule has 1 aromatic carbocycles. The average molecular weight is 261 g/mol. The molecule has 19 heavy (non-hydrogen) atoms. The summed E-state index contributed by atoms with van der Waals surface area (Å²) in [6.45, 7) is 8.78. The summed E-state index contributed by atoms with van der Waals surface area (Å²) >= 11 is 0. The van der Waals surface area contributed by atoms with Crippen molar-refractivity contribution in [3.63, 3.8) is 0 Å². The highest BCUT2D eigenvalue weighted by Gasteiger charge is 2.25. The lowest BCUT2D eigenvalue weighted by Crippen LogP contribution is -2.28. The Morgan fingerprint density at radius 2 is 1.84 bits per heavy atom. The first-order valence-corrected chi connectivity index (χ1v) is 7.65. The van der Waals surface area contributed by atoms with E-state index in [4.69, 9.17) is 4.74 Å². The van der Waals surface area contributed by atoms with E-state index in [1.54, 1.807) is 0 Å². The van der Waals surface area contributed by atoms with E-state index in [2.05, 4.69) is 50.4 Å². The van der Waals surface area contributed by atoms with E-state index in [1.807, 2.05) is 0 Å². The summed E-state index contributed by atoms with van der Waals surface area (Å²) in [5.74, 6) is 2.65. The van der Waals surface area contributed by atoms with Crippen LogP contribution in [0.3, 0.4) is 0 Å². The minimum atomic E-state index is 0.408. The van der Waals surface area contributed by atoms with Gasteiger partial charge in [-0.25, -0.2) is 0 Å². The van der Waals surface area contributed by atoms with Crippen LogP contribution in [0.1, 0.15) is 45.6 Å². The quantitative estimate of drug-likeness (QED) is 0.865. The van der Waals surface area contributed by atoms with E-state index >= 15 is 0 Å². The van der Waals surface area contributed by atoms with Crippen LogP contribution in [0, 0.1) is 11.8 Å². The Morgan fingerprint density at radius 1 is 1.11 bits per heavy atom. The summed E-state index contributed by atoms with van der Waals surface area (Å²) in [5, 5.41) is 3.34. The van der Waals surface area contributed by atoms with Crippen LogP contribution in [-0.4, -0.2) is 12.6 Å². The zero-order valence-corrected chi connectivity index (χ0v) is 12.5. The van der Waals surface area contributed by atoms with Gasteiger partial charge in [0.15, 0.2) is 0 Å². The molecule has 1 aromatic rings. The first-order chi connectivity index (χ1) is 9.19. The van der Waals surface area contributed by atoms with E-state index in [9.17, 15) is 0 Å². The summed E-state index contributed by atoms with van der Waals surface area (Å²) in [6.07, 6.45) is 4.10. The molecule has 1 N–H and O–H groups in total. The summed E-state index contributed by atoms with van der Waals surface area (Å²) in [4.78, 5) is 0. The van der Waals surface area contributed by atoms with Gasteiger partial charge >= 0.3 is 0 Å².